The Balaban J connectivity index is 1.92. The van der Waals surface area contributed by atoms with E-state index in [2.05, 4.69) is 5.32 Å². The van der Waals surface area contributed by atoms with Crippen molar-refractivity contribution < 1.29 is 17.6 Å². The minimum atomic E-state index is -3.92. The van der Waals surface area contributed by atoms with Crippen LogP contribution in [0.2, 0.25) is 0 Å². The predicted octanol–water partition coefficient (Wildman–Crippen LogP) is 3.72. The van der Waals surface area contributed by atoms with E-state index < -0.39 is 15.9 Å². The highest BCUT2D eigenvalue weighted by atomic mass is 32.2. The fourth-order valence-electron chi connectivity index (χ4n) is 3.03. The second-order valence-electron chi connectivity index (χ2n) is 7.03. The van der Waals surface area contributed by atoms with Crippen molar-refractivity contribution in [2.45, 2.75) is 32.2 Å². The lowest BCUT2D eigenvalue weighted by Gasteiger charge is -2.25. The maximum absolute atomic E-state index is 13.4. The summed E-state index contributed by atoms with van der Waals surface area (Å²) in [5, 5.41) is 2.71. The molecule has 1 heterocycles. The second kappa shape index (κ2) is 8.53. The van der Waals surface area contributed by atoms with Crippen molar-refractivity contribution in [1.82, 2.24) is 5.32 Å². The van der Waals surface area contributed by atoms with E-state index in [1.54, 1.807) is 48.5 Å². The van der Waals surface area contributed by atoms with Gasteiger partial charge in [-0.2, -0.15) is 0 Å². The highest BCUT2D eigenvalue weighted by Crippen LogP contribution is 2.26. The normalized spacial score (nSPS) is 11.3. The van der Waals surface area contributed by atoms with Crippen LogP contribution in [-0.4, -0.2) is 20.9 Å². The number of amides is 1. The average Bonchev–Trinajstić information content (AvgIpc) is 3.17. The van der Waals surface area contributed by atoms with Crippen molar-refractivity contribution in [2.24, 2.45) is 0 Å². The lowest BCUT2D eigenvalue weighted by Crippen LogP contribution is -2.40. The molecule has 0 aliphatic carbocycles. The lowest BCUT2D eigenvalue weighted by molar-refractivity contribution is -0.119. The molecule has 6 nitrogen and oxygen atoms in total. The van der Waals surface area contributed by atoms with E-state index in [4.69, 9.17) is 4.42 Å². The van der Waals surface area contributed by atoms with Gasteiger partial charge in [-0.05, 0) is 68.3 Å². The van der Waals surface area contributed by atoms with Crippen LogP contribution >= 0.6 is 0 Å². The number of benzene rings is 2. The van der Waals surface area contributed by atoms with Crippen LogP contribution in [-0.2, 0) is 21.4 Å². The molecule has 1 amide bonds. The molecular weight excluding hydrogens is 388 g/mol. The van der Waals surface area contributed by atoms with Crippen molar-refractivity contribution in [3.8, 4) is 0 Å². The number of aryl methyl sites for hydroxylation is 3. The standard InChI is InChI=1S/C22H24N2O4S/c1-16-6-8-21(9-7-16)29(26,27)24(19-12-17(2)11-18(3)13-19)15-22(25)23-14-20-5-4-10-28-20/h4-13H,14-15H2,1-3H3,(H,23,25). The quantitative estimate of drug-likeness (QED) is 0.641. The van der Waals surface area contributed by atoms with Crippen LogP contribution in [0.3, 0.4) is 0 Å². The lowest BCUT2D eigenvalue weighted by atomic mass is 10.1. The molecule has 0 bridgehead atoms. The van der Waals surface area contributed by atoms with Crippen LogP contribution in [0.4, 0.5) is 5.69 Å². The van der Waals surface area contributed by atoms with Crippen molar-refractivity contribution in [3.05, 3.63) is 83.3 Å². The summed E-state index contributed by atoms with van der Waals surface area (Å²) in [6.07, 6.45) is 1.52. The molecule has 0 saturated carbocycles. The fourth-order valence-corrected chi connectivity index (χ4v) is 4.44. The van der Waals surface area contributed by atoms with E-state index in [-0.39, 0.29) is 18.0 Å². The number of nitrogens with one attached hydrogen (secondary N) is 1. The SMILES string of the molecule is Cc1ccc(S(=O)(=O)N(CC(=O)NCc2ccco2)c2cc(C)cc(C)c2)cc1. The molecule has 0 fully saturated rings. The first kappa shape index (κ1) is 20.7. The highest BCUT2D eigenvalue weighted by Gasteiger charge is 2.27. The van der Waals surface area contributed by atoms with Gasteiger partial charge >= 0.3 is 0 Å². The summed E-state index contributed by atoms with van der Waals surface area (Å²) < 4.78 is 33.1. The van der Waals surface area contributed by atoms with Crippen molar-refractivity contribution in [2.75, 3.05) is 10.8 Å². The Labute approximate surface area is 171 Å². The van der Waals surface area contributed by atoms with E-state index in [0.29, 0.717) is 11.4 Å². The summed E-state index contributed by atoms with van der Waals surface area (Å²) in [6, 6.07) is 15.5. The summed E-state index contributed by atoms with van der Waals surface area (Å²) in [4.78, 5) is 12.7. The van der Waals surface area contributed by atoms with Gasteiger partial charge < -0.3 is 9.73 Å². The summed E-state index contributed by atoms with van der Waals surface area (Å²) in [5.41, 5.74) is 3.24. The molecule has 29 heavy (non-hydrogen) atoms. The van der Waals surface area contributed by atoms with Gasteiger partial charge in [-0.25, -0.2) is 8.42 Å². The number of nitrogens with zero attached hydrogens (tertiary/aromatic N) is 1. The summed E-state index contributed by atoms with van der Waals surface area (Å²) in [5.74, 6) is 0.175. The molecule has 0 spiro atoms. The second-order valence-corrected chi connectivity index (χ2v) is 8.89. The maximum atomic E-state index is 13.4. The predicted molar refractivity (Wildman–Crippen MR) is 112 cm³/mol. The molecule has 3 rings (SSSR count). The first-order chi connectivity index (χ1) is 13.8. The minimum Gasteiger partial charge on any atom is -0.467 e. The Kier molecular flexibility index (Phi) is 6.08. The molecule has 2 aromatic carbocycles. The Morgan fingerprint density at radius 1 is 0.966 bits per heavy atom. The number of furan rings is 1. The molecule has 152 valence electrons. The Morgan fingerprint density at radius 3 is 2.21 bits per heavy atom. The van der Waals surface area contributed by atoms with Gasteiger partial charge in [-0.3, -0.25) is 9.10 Å². The van der Waals surface area contributed by atoms with E-state index in [9.17, 15) is 13.2 Å². The topological polar surface area (TPSA) is 79.6 Å². The Bertz CT molecular complexity index is 1070. The van der Waals surface area contributed by atoms with Crippen LogP contribution in [0.15, 0.2) is 70.2 Å². The number of anilines is 1. The van der Waals surface area contributed by atoms with E-state index in [0.717, 1.165) is 21.0 Å². The summed E-state index contributed by atoms with van der Waals surface area (Å²) >= 11 is 0. The third-order valence-electron chi connectivity index (χ3n) is 4.43. The monoisotopic (exact) mass is 412 g/mol. The van der Waals surface area contributed by atoms with Gasteiger partial charge in [0.2, 0.25) is 5.91 Å². The molecule has 0 aliphatic rings. The molecule has 0 aliphatic heterocycles. The first-order valence-electron chi connectivity index (χ1n) is 9.22. The van der Waals surface area contributed by atoms with Gasteiger partial charge in [-0.15, -0.1) is 0 Å². The molecule has 0 unspecified atom stereocenters. The van der Waals surface area contributed by atoms with Crippen LogP contribution in [0.5, 0.6) is 0 Å². The van der Waals surface area contributed by atoms with Crippen LogP contribution in [0.25, 0.3) is 0 Å². The first-order valence-corrected chi connectivity index (χ1v) is 10.7. The Hall–Kier alpha value is -3.06. The number of hydrogen-bond acceptors (Lipinski definition) is 4. The molecule has 7 heteroatoms. The summed E-state index contributed by atoms with van der Waals surface area (Å²) in [6.45, 7) is 5.53. The minimum absolute atomic E-state index is 0.140. The number of rotatable bonds is 7. The van der Waals surface area contributed by atoms with Crippen molar-refractivity contribution >= 4 is 21.6 Å². The van der Waals surface area contributed by atoms with Gasteiger partial charge in [0.1, 0.15) is 12.3 Å². The van der Waals surface area contributed by atoms with Gasteiger partial charge in [0.05, 0.1) is 23.4 Å². The Morgan fingerprint density at radius 2 is 1.62 bits per heavy atom. The smallest absolute Gasteiger partial charge is 0.264 e. The molecule has 1 N–H and O–H groups in total. The number of hydrogen-bond donors (Lipinski definition) is 1. The van der Waals surface area contributed by atoms with E-state index >= 15 is 0 Å². The van der Waals surface area contributed by atoms with Crippen LogP contribution in [0, 0.1) is 20.8 Å². The zero-order valence-electron chi connectivity index (χ0n) is 16.7. The van der Waals surface area contributed by atoms with Gasteiger partial charge in [0.15, 0.2) is 0 Å². The molecular formula is C22H24N2O4S. The number of sulfonamides is 1. The van der Waals surface area contributed by atoms with E-state index in [1.807, 2.05) is 26.8 Å². The number of carbonyl (C=O) groups is 1. The molecule has 3 aromatic rings. The van der Waals surface area contributed by atoms with Gasteiger partial charge in [0, 0.05) is 0 Å². The zero-order valence-corrected chi connectivity index (χ0v) is 17.5. The van der Waals surface area contributed by atoms with Crippen molar-refractivity contribution in [1.29, 1.82) is 0 Å². The maximum Gasteiger partial charge on any atom is 0.264 e. The molecule has 0 saturated heterocycles. The average molecular weight is 413 g/mol. The van der Waals surface area contributed by atoms with E-state index in [1.165, 1.54) is 6.26 Å². The van der Waals surface area contributed by atoms with Crippen molar-refractivity contribution in [3.63, 3.8) is 0 Å². The largest absolute Gasteiger partial charge is 0.467 e. The third-order valence-corrected chi connectivity index (χ3v) is 6.22. The van der Waals surface area contributed by atoms with Gasteiger partial charge in [0.25, 0.3) is 10.0 Å². The number of carbonyl (C=O) groups excluding carboxylic acids is 1. The highest BCUT2D eigenvalue weighted by molar-refractivity contribution is 7.92. The third kappa shape index (κ3) is 5.06. The molecule has 0 radical (unpaired) electrons. The van der Waals surface area contributed by atoms with Crippen LogP contribution < -0.4 is 9.62 Å². The zero-order chi connectivity index (χ0) is 21.0. The van der Waals surface area contributed by atoms with Crippen LogP contribution in [0.1, 0.15) is 22.5 Å². The summed E-state index contributed by atoms with van der Waals surface area (Å²) in [7, 11) is -3.92. The fraction of sp³-hybridized carbons (Fsp3) is 0.227. The molecule has 1 aromatic heterocycles. The van der Waals surface area contributed by atoms with Gasteiger partial charge in [-0.1, -0.05) is 23.8 Å². The molecule has 0 atom stereocenters.